The molecule has 2 aromatic carbocycles. The zero-order valence-electron chi connectivity index (χ0n) is 17.7. The predicted octanol–water partition coefficient (Wildman–Crippen LogP) is 5.27. The van der Waals surface area contributed by atoms with Crippen LogP contribution in [0.1, 0.15) is 44.7 Å². The molecule has 2 aromatic rings. The smallest absolute Gasteiger partial charge is 0.261 e. The SMILES string of the molecule is CCNC(=O)[C@@H](C)N(Cc1cccc(Br)c1)C(=O)COc1ccc(C(C)C)cc1Br. The van der Waals surface area contributed by atoms with E-state index in [0.29, 0.717) is 24.8 Å². The molecular formula is C23H28Br2N2O3. The molecule has 5 nitrogen and oxygen atoms in total. The van der Waals surface area contributed by atoms with Gasteiger partial charge in [-0.25, -0.2) is 0 Å². The van der Waals surface area contributed by atoms with Crippen molar-refractivity contribution < 1.29 is 14.3 Å². The van der Waals surface area contributed by atoms with Crippen molar-refractivity contribution in [2.24, 2.45) is 0 Å². The van der Waals surface area contributed by atoms with Crippen LogP contribution in [0.15, 0.2) is 51.4 Å². The maximum Gasteiger partial charge on any atom is 0.261 e. The molecule has 0 saturated heterocycles. The van der Waals surface area contributed by atoms with Gasteiger partial charge in [-0.3, -0.25) is 9.59 Å². The molecule has 1 atom stereocenters. The lowest BCUT2D eigenvalue weighted by atomic mass is 10.0. The van der Waals surface area contributed by atoms with Crippen LogP contribution in [0.5, 0.6) is 5.75 Å². The number of hydrogen-bond acceptors (Lipinski definition) is 3. The minimum atomic E-state index is -0.619. The van der Waals surface area contributed by atoms with Gasteiger partial charge >= 0.3 is 0 Å². The van der Waals surface area contributed by atoms with Crippen LogP contribution in [-0.2, 0) is 16.1 Å². The first-order valence-corrected chi connectivity index (χ1v) is 11.5. The van der Waals surface area contributed by atoms with Crippen molar-refractivity contribution in [1.29, 1.82) is 0 Å². The van der Waals surface area contributed by atoms with Crippen molar-refractivity contribution in [3.05, 3.63) is 62.5 Å². The second kappa shape index (κ2) is 11.5. The average Bonchev–Trinajstić information content (AvgIpc) is 2.70. The van der Waals surface area contributed by atoms with Crippen LogP contribution in [0.4, 0.5) is 0 Å². The first-order valence-electron chi connectivity index (χ1n) is 9.96. The molecule has 2 amide bonds. The second-order valence-corrected chi connectivity index (χ2v) is 9.13. The van der Waals surface area contributed by atoms with Gasteiger partial charge in [0.1, 0.15) is 11.8 Å². The zero-order chi connectivity index (χ0) is 22.3. The highest BCUT2D eigenvalue weighted by atomic mass is 79.9. The highest BCUT2D eigenvalue weighted by Crippen LogP contribution is 2.29. The van der Waals surface area contributed by atoms with Gasteiger partial charge in [0.2, 0.25) is 5.91 Å². The zero-order valence-corrected chi connectivity index (χ0v) is 20.9. The van der Waals surface area contributed by atoms with E-state index in [0.717, 1.165) is 14.5 Å². The third-order valence-corrected chi connectivity index (χ3v) is 5.85. The van der Waals surface area contributed by atoms with Crippen molar-refractivity contribution in [3.63, 3.8) is 0 Å². The van der Waals surface area contributed by atoms with Gasteiger partial charge in [0.15, 0.2) is 6.61 Å². The Morgan fingerprint density at radius 3 is 2.43 bits per heavy atom. The summed E-state index contributed by atoms with van der Waals surface area (Å²) >= 11 is 6.97. The summed E-state index contributed by atoms with van der Waals surface area (Å²) in [5, 5.41) is 2.79. The number of ether oxygens (including phenoxy) is 1. The summed E-state index contributed by atoms with van der Waals surface area (Å²) in [5.41, 5.74) is 2.11. The molecule has 0 saturated carbocycles. The number of rotatable bonds is 9. The van der Waals surface area contributed by atoms with Crippen LogP contribution in [0.25, 0.3) is 0 Å². The fourth-order valence-electron chi connectivity index (χ4n) is 2.95. The molecule has 162 valence electrons. The molecule has 0 spiro atoms. The fourth-order valence-corrected chi connectivity index (χ4v) is 3.91. The lowest BCUT2D eigenvalue weighted by Crippen LogP contribution is -2.49. The number of halogens is 2. The standard InChI is InChI=1S/C23H28Br2N2O3/c1-5-26-23(29)16(4)27(13-17-7-6-8-19(24)11-17)22(28)14-30-21-10-9-18(15(2)3)12-20(21)25/h6-12,15-16H,5,13-14H2,1-4H3,(H,26,29)/t16-/m1/s1. The van der Waals surface area contributed by atoms with Crippen LogP contribution in [0, 0.1) is 0 Å². The lowest BCUT2D eigenvalue weighted by molar-refractivity contribution is -0.142. The fraction of sp³-hybridized carbons (Fsp3) is 0.391. The number of nitrogens with zero attached hydrogens (tertiary/aromatic N) is 1. The number of amides is 2. The van der Waals surface area contributed by atoms with E-state index in [1.165, 1.54) is 5.56 Å². The molecule has 1 N–H and O–H groups in total. The van der Waals surface area contributed by atoms with Crippen molar-refractivity contribution in [2.75, 3.05) is 13.2 Å². The quantitative estimate of drug-likeness (QED) is 0.472. The number of carbonyl (C=O) groups is 2. The molecule has 0 aromatic heterocycles. The maximum atomic E-state index is 13.0. The molecule has 0 heterocycles. The first kappa shape index (κ1) is 24.4. The van der Waals surface area contributed by atoms with E-state index in [1.54, 1.807) is 11.8 Å². The number of nitrogens with one attached hydrogen (secondary N) is 1. The van der Waals surface area contributed by atoms with Crippen molar-refractivity contribution in [3.8, 4) is 5.75 Å². The summed E-state index contributed by atoms with van der Waals surface area (Å²) in [6, 6.07) is 12.9. The third-order valence-electron chi connectivity index (χ3n) is 4.73. The van der Waals surface area contributed by atoms with Crippen molar-refractivity contribution >= 4 is 43.7 Å². The van der Waals surface area contributed by atoms with E-state index in [9.17, 15) is 9.59 Å². The van der Waals surface area contributed by atoms with E-state index >= 15 is 0 Å². The molecule has 0 bridgehead atoms. The Hall–Kier alpha value is -1.86. The number of hydrogen-bond donors (Lipinski definition) is 1. The van der Waals surface area contributed by atoms with Crippen molar-refractivity contribution in [2.45, 2.75) is 46.2 Å². The van der Waals surface area contributed by atoms with Crippen molar-refractivity contribution in [1.82, 2.24) is 10.2 Å². The van der Waals surface area contributed by atoms with E-state index in [-0.39, 0.29) is 18.4 Å². The van der Waals surface area contributed by atoms with E-state index in [4.69, 9.17) is 4.74 Å². The molecule has 0 unspecified atom stereocenters. The van der Waals surface area contributed by atoms with Gasteiger partial charge in [0.05, 0.1) is 4.47 Å². The van der Waals surface area contributed by atoms with E-state index in [1.807, 2.05) is 49.4 Å². The lowest BCUT2D eigenvalue weighted by Gasteiger charge is -2.28. The summed E-state index contributed by atoms with van der Waals surface area (Å²) < 4.78 is 7.51. The normalized spacial score (nSPS) is 11.8. The topological polar surface area (TPSA) is 58.6 Å². The van der Waals surface area contributed by atoms with E-state index < -0.39 is 6.04 Å². The molecule has 0 aliphatic carbocycles. The molecule has 0 radical (unpaired) electrons. The third kappa shape index (κ3) is 6.84. The van der Waals surface area contributed by atoms with Gasteiger partial charge in [-0.2, -0.15) is 0 Å². The largest absolute Gasteiger partial charge is 0.483 e. The number of carbonyl (C=O) groups excluding carboxylic acids is 2. The predicted molar refractivity (Wildman–Crippen MR) is 127 cm³/mol. The molecule has 0 aliphatic rings. The Morgan fingerprint density at radius 2 is 1.83 bits per heavy atom. The number of benzene rings is 2. The summed E-state index contributed by atoms with van der Waals surface area (Å²) in [7, 11) is 0. The Bertz CT molecular complexity index is 887. The molecule has 2 rings (SSSR count). The van der Waals surface area contributed by atoms with Crippen LogP contribution >= 0.6 is 31.9 Å². The average molecular weight is 540 g/mol. The van der Waals surface area contributed by atoms with Crippen LogP contribution < -0.4 is 10.1 Å². The van der Waals surface area contributed by atoms with Gasteiger partial charge in [-0.1, -0.05) is 48.0 Å². The minimum absolute atomic E-state index is 0.155. The first-order chi connectivity index (χ1) is 14.2. The summed E-state index contributed by atoms with van der Waals surface area (Å²) in [4.78, 5) is 27.0. The van der Waals surface area contributed by atoms with Gasteiger partial charge in [-0.05, 0) is 71.1 Å². The second-order valence-electron chi connectivity index (χ2n) is 7.36. The Kier molecular flexibility index (Phi) is 9.37. The molecule has 30 heavy (non-hydrogen) atoms. The van der Waals surface area contributed by atoms with Gasteiger partial charge in [-0.15, -0.1) is 0 Å². The van der Waals surface area contributed by atoms with Crippen LogP contribution in [-0.4, -0.2) is 35.9 Å². The van der Waals surface area contributed by atoms with Gasteiger partial charge in [0.25, 0.3) is 5.91 Å². The molecular weight excluding hydrogens is 512 g/mol. The summed E-state index contributed by atoms with van der Waals surface area (Å²) in [5.74, 6) is 0.549. The maximum absolute atomic E-state index is 13.0. The highest BCUT2D eigenvalue weighted by molar-refractivity contribution is 9.10. The van der Waals surface area contributed by atoms with E-state index in [2.05, 4.69) is 51.0 Å². The van der Waals surface area contributed by atoms with Gasteiger partial charge < -0.3 is 15.0 Å². The van der Waals surface area contributed by atoms with Crippen LogP contribution in [0.2, 0.25) is 0 Å². The molecule has 0 aliphatic heterocycles. The summed E-state index contributed by atoms with van der Waals surface area (Å²) in [6.07, 6.45) is 0. The summed E-state index contributed by atoms with van der Waals surface area (Å²) in [6.45, 7) is 8.49. The Morgan fingerprint density at radius 1 is 1.10 bits per heavy atom. The molecule has 7 heteroatoms. The number of likely N-dealkylation sites (N-methyl/N-ethyl adjacent to an activating group) is 1. The molecule has 0 fully saturated rings. The highest BCUT2D eigenvalue weighted by Gasteiger charge is 2.26. The monoisotopic (exact) mass is 538 g/mol. The Labute approximate surface area is 195 Å². The van der Waals surface area contributed by atoms with Gasteiger partial charge in [0, 0.05) is 17.6 Å². The Balaban J connectivity index is 2.16. The minimum Gasteiger partial charge on any atom is -0.483 e. The van der Waals surface area contributed by atoms with Crippen LogP contribution in [0.3, 0.4) is 0 Å².